The van der Waals surface area contributed by atoms with Crippen LogP contribution in [0.1, 0.15) is 45.3 Å². The summed E-state index contributed by atoms with van der Waals surface area (Å²) < 4.78 is 5.57. The van der Waals surface area contributed by atoms with Crippen molar-refractivity contribution in [2.75, 3.05) is 20.2 Å². The van der Waals surface area contributed by atoms with Gasteiger partial charge in [0.15, 0.2) is 0 Å². The molecule has 1 aromatic rings. The Balaban J connectivity index is 2.69. The fraction of sp³-hybridized carbons (Fsp3) is 0.625. The first-order valence-corrected chi connectivity index (χ1v) is 7.20. The Morgan fingerprint density at radius 1 is 1.26 bits per heavy atom. The van der Waals surface area contributed by atoms with Gasteiger partial charge < -0.3 is 14.7 Å². The van der Waals surface area contributed by atoms with Crippen LogP contribution in [-0.4, -0.2) is 36.2 Å². The topological polar surface area (TPSA) is 32.7 Å². The minimum absolute atomic E-state index is 0.485. The Hall–Kier alpha value is -1.06. The number of ether oxygens (including phenoxy) is 1. The van der Waals surface area contributed by atoms with Gasteiger partial charge in [-0.2, -0.15) is 0 Å². The lowest BCUT2D eigenvalue weighted by atomic mass is 10.1. The van der Waals surface area contributed by atoms with Gasteiger partial charge in [0, 0.05) is 18.2 Å². The third-order valence-electron chi connectivity index (χ3n) is 3.50. The Morgan fingerprint density at radius 2 is 1.95 bits per heavy atom. The highest BCUT2D eigenvalue weighted by Gasteiger charge is 2.17. The van der Waals surface area contributed by atoms with Gasteiger partial charge in [0.05, 0.1) is 12.7 Å². The minimum atomic E-state index is -0.507. The first-order chi connectivity index (χ1) is 9.10. The number of rotatable bonds is 8. The molecule has 0 aliphatic rings. The van der Waals surface area contributed by atoms with Gasteiger partial charge in [0.2, 0.25) is 0 Å². The summed E-state index contributed by atoms with van der Waals surface area (Å²) in [4.78, 5) is 2.21. The molecule has 1 aromatic carbocycles. The summed E-state index contributed by atoms with van der Waals surface area (Å²) in [6.45, 7) is 7.59. The maximum absolute atomic E-state index is 10.4. The van der Waals surface area contributed by atoms with Gasteiger partial charge in [-0.3, -0.25) is 0 Å². The van der Waals surface area contributed by atoms with Crippen molar-refractivity contribution < 1.29 is 9.84 Å². The molecule has 0 saturated carbocycles. The fourth-order valence-electron chi connectivity index (χ4n) is 2.23. The zero-order chi connectivity index (χ0) is 14.3. The highest BCUT2D eigenvalue weighted by molar-refractivity contribution is 5.35. The molecule has 19 heavy (non-hydrogen) atoms. The number of aliphatic hydroxyl groups is 1. The van der Waals surface area contributed by atoms with E-state index >= 15 is 0 Å². The van der Waals surface area contributed by atoms with Crippen LogP contribution in [0.2, 0.25) is 0 Å². The van der Waals surface area contributed by atoms with Gasteiger partial charge in [0.1, 0.15) is 5.75 Å². The number of aliphatic hydroxyl groups excluding tert-OH is 1. The summed E-state index contributed by atoms with van der Waals surface area (Å²) in [5, 5.41) is 10.4. The first-order valence-electron chi connectivity index (χ1n) is 7.20. The Labute approximate surface area is 117 Å². The average Bonchev–Trinajstić information content (AvgIpc) is 2.39. The lowest BCUT2D eigenvalue weighted by Crippen LogP contribution is -2.33. The predicted octanol–water partition coefficient (Wildman–Crippen LogP) is 3.24. The molecule has 0 bridgehead atoms. The van der Waals surface area contributed by atoms with Crippen molar-refractivity contribution in [3.63, 3.8) is 0 Å². The Bertz CT molecular complexity index is 368. The van der Waals surface area contributed by atoms with Gasteiger partial charge >= 0.3 is 0 Å². The molecule has 0 fully saturated rings. The molecule has 0 aliphatic carbocycles. The van der Waals surface area contributed by atoms with Crippen LogP contribution in [0.3, 0.4) is 0 Å². The SMILES string of the molecule is CCCC(C)N(C)CC(O)c1ccccc1OCC. The molecule has 0 aromatic heterocycles. The lowest BCUT2D eigenvalue weighted by molar-refractivity contribution is 0.103. The van der Waals surface area contributed by atoms with Crippen molar-refractivity contribution >= 4 is 0 Å². The maximum Gasteiger partial charge on any atom is 0.125 e. The molecule has 108 valence electrons. The van der Waals surface area contributed by atoms with Crippen molar-refractivity contribution in [1.82, 2.24) is 4.90 Å². The predicted molar refractivity (Wildman–Crippen MR) is 79.6 cm³/mol. The van der Waals surface area contributed by atoms with Crippen LogP contribution in [0, 0.1) is 0 Å². The minimum Gasteiger partial charge on any atom is -0.493 e. The van der Waals surface area contributed by atoms with Gasteiger partial charge in [-0.15, -0.1) is 0 Å². The molecule has 0 saturated heterocycles. The summed E-state index contributed by atoms with van der Waals surface area (Å²) in [6, 6.07) is 8.21. The molecule has 3 heteroatoms. The molecule has 0 radical (unpaired) electrons. The van der Waals surface area contributed by atoms with E-state index < -0.39 is 6.10 Å². The van der Waals surface area contributed by atoms with Gasteiger partial charge in [-0.05, 0) is 33.4 Å². The van der Waals surface area contributed by atoms with Crippen LogP contribution in [0.15, 0.2) is 24.3 Å². The van der Waals surface area contributed by atoms with Gasteiger partial charge in [0.25, 0.3) is 0 Å². The second kappa shape index (κ2) is 8.18. The smallest absolute Gasteiger partial charge is 0.125 e. The maximum atomic E-state index is 10.4. The number of para-hydroxylation sites is 1. The number of nitrogens with zero attached hydrogens (tertiary/aromatic N) is 1. The number of hydrogen-bond donors (Lipinski definition) is 1. The molecule has 0 spiro atoms. The van der Waals surface area contributed by atoms with E-state index in [1.807, 2.05) is 31.2 Å². The van der Waals surface area contributed by atoms with E-state index in [2.05, 4.69) is 25.8 Å². The summed E-state index contributed by atoms with van der Waals surface area (Å²) in [7, 11) is 2.06. The zero-order valence-corrected chi connectivity index (χ0v) is 12.6. The monoisotopic (exact) mass is 265 g/mol. The largest absolute Gasteiger partial charge is 0.493 e. The van der Waals surface area contributed by atoms with Crippen molar-refractivity contribution in [2.24, 2.45) is 0 Å². The number of benzene rings is 1. The molecule has 0 aliphatic heterocycles. The molecular formula is C16H27NO2. The fourth-order valence-corrected chi connectivity index (χ4v) is 2.23. The Kier molecular flexibility index (Phi) is 6.89. The van der Waals surface area contributed by atoms with Crippen LogP contribution >= 0.6 is 0 Å². The average molecular weight is 265 g/mol. The Morgan fingerprint density at radius 3 is 2.58 bits per heavy atom. The van der Waals surface area contributed by atoms with E-state index in [1.165, 1.54) is 0 Å². The van der Waals surface area contributed by atoms with Crippen molar-refractivity contribution in [1.29, 1.82) is 0 Å². The van der Waals surface area contributed by atoms with Crippen molar-refractivity contribution in [2.45, 2.75) is 45.8 Å². The number of hydrogen-bond acceptors (Lipinski definition) is 3. The molecule has 2 unspecified atom stereocenters. The van der Waals surface area contributed by atoms with E-state index in [1.54, 1.807) is 0 Å². The quantitative estimate of drug-likeness (QED) is 0.783. The molecule has 0 heterocycles. The van der Waals surface area contributed by atoms with Crippen molar-refractivity contribution in [3.8, 4) is 5.75 Å². The second-order valence-electron chi connectivity index (χ2n) is 5.06. The zero-order valence-electron chi connectivity index (χ0n) is 12.6. The lowest BCUT2D eigenvalue weighted by Gasteiger charge is -2.27. The van der Waals surface area contributed by atoms with Gasteiger partial charge in [-0.25, -0.2) is 0 Å². The number of likely N-dealkylation sites (N-methyl/N-ethyl adjacent to an activating group) is 1. The first kappa shape index (κ1) is 16.0. The van der Waals surface area contributed by atoms with E-state index in [4.69, 9.17) is 4.74 Å². The highest BCUT2D eigenvalue weighted by atomic mass is 16.5. The highest BCUT2D eigenvalue weighted by Crippen LogP contribution is 2.26. The van der Waals surface area contributed by atoms with Crippen LogP contribution < -0.4 is 4.74 Å². The third-order valence-corrected chi connectivity index (χ3v) is 3.50. The van der Waals surface area contributed by atoms with E-state index in [0.29, 0.717) is 19.2 Å². The van der Waals surface area contributed by atoms with E-state index in [-0.39, 0.29) is 0 Å². The molecule has 3 nitrogen and oxygen atoms in total. The molecule has 1 rings (SSSR count). The normalized spacial score (nSPS) is 14.4. The molecule has 0 amide bonds. The second-order valence-corrected chi connectivity index (χ2v) is 5.06. The molecular weight excluding hydrogens is 238 g/mol. The van der Waals surface area contributed by atoms with Crippen LogP contribution in [0.25, 0.3) is 0 Å². The standard InChI is InChI=1S/C16H27NO2/c1-5-9-13(3)17(4)12-15(18)14-10-7-8-11-16(14)19-6-2/h7-8,10-11,13,15,18H,5-6,9,12H2,1-4H3. The molecule has 1 N–H and O–H groups in total. The van der Waals surface area contributed by atoms with E-state index in [9.17, 15) is 5.11 Å². The van der Waals surface area contributed by atoms with Crippen LogP contribution in [0.4, 0.5) is 0 Å². The van der Waals surface area contributed by atoms with Crippen LogP contribution in [0.5, 0.6) is 5.75 Å². The summed E-state index contributed by atoms with van der Waals surface area (Å²) in [5.41, 5.74) is 0.875. The molecule has 2 atom stereocenters. The van der Waals surface area contributed by atoms with E-state index in [0.717, 1.165) is 24.2 Å². The summed E-state index contributed by atoms with van der Waals surface area (Å²) in [6.07, 6.45) is 1.81. The van der Waals surface area contributed by atoms with Crippen LogP contribution in [-0.2, 0) is 0 Å². The summed E-state index contributed by atoms with van der Waals surface area (Å²) in [5.74, 6) is 0.786. The summed E-state index contributed by atoms with van der Waals surface area (Å²) >= 11 is 0. The van der Waals surface area contributed by atoms with Gasteiger partial charge in [-0.1, -0.05) is 31.5 Å². The van der Waals surface area contributed by atoms with Crippen molar-refractivity contribution in [3.05, 3.63) is 29.8 Å². The third kappa shape index (κ3) is 4.84.